The third-order valence-corrected chi connectivity index (χ3v) is 3.62. The van der Waals surface area contributed by atoms with Crippen molar-refractivity contribution in [3.05, 3.63) is 23.9 Å². The Hall–Kier alpha value is -1.28. The second-order valence-electron chi connectivity index (χ2n) is 4.51. The van der Waals surface area contributed by atoms with E-state index < -0.39 is 11.4 Å². The van der Waals surface area contributed by atoms with Gasteiger partial charge in [0.1, 0.15) is 5.03 Å². The number of carbonyl (C=O) groups excluding carboxylic acids is 1. The Morgan fingerprint density at radius 3 is 2.95 bits per heavy atom. The molecule has 1 aliphatic heterocycles. The Morgan fingerprint density at radius 2 is 2.30 bits per heavy atom. The van der Waals surface area contributed by atoms with E-state index in [1.807, 2.05) is 6.92 Å². The van der Waals surface area contributed by atoms with Crippen molar-refractivity contribution in [1.82, 2.24) is 15.2 Å². The first kappa shape index (κ1) is 15.1. The number of halogens is 3. The van der Waals surface area contributed by atoms with Crippen LogP contribution in [0.15, 0.2) is 23.4 Å². The van der Waals surface area contributed by atoms with Crippen molar-refractivity contribution >= 4 is 17.7 Å². The van der Waals surface area contributed by atoms with Crippen LogP contribution in [0.3, 0.4) is 0 Å². The van der Waals surface area contributed by atoms with Crippen LogP contribution in [0.25, 0.3) is 0 Å². The molecule has 1 amide bonds. The Morgan fingerprint density at radius 1 is 1.55 bits per heavy atom. The van der Waals surface area contributed by atoms with Gasteiger partial charge in [-0.15, -0.1) is 0 Å². The molecule has 110 valence electrons. The first-order chi connectivity index (χ1) is 9.37. The SMILES string of the molecule is CC1CN(C(=O)c2cccnc2SC(F)(F)F)CCN1. The van der Waals surface area contributed by atoms with Gasteiger partial charge in [-0.25, -0.2) is 4.98 Å². The molecule has 0 aliphatic carbocycles. The molecule has 1 N–H and O–H groups in total. The van der Waals surface area contributed by atoms with Crippen molar-refractivity contribution in [3.8, 4) is 0 Å². The molecule has 4 nitrogen and oxygen atoms in total. The number of nitrogens with one attached hydrogen (secondary N) is 1. The molecule has 1 aromatic rings. The minimum Gasteiger partial charge on any atom is -0.336 e. The Kier molecular flexibility index (Phi) is 4.54. The van der Waals surface area contributed by atoms with Crippen LogP contribution in [-0.2, 0) is 0 Å². The molecule has 0 bridgehead atoms. The summed E-state index contributed by atoms with van der Waals surface area (Å²) in [5.74, 6) is -0.404. The van der Waals surface area contributed by atoms with Crippen LogP contribution in [-0.4, -0.2) is 47.0 Å². The van der Waals surface area contributed by atoms with E-state index in [0.29, 0.717) is 19.6 Å². The molecular weight excluding hydrogens is 291 g/mol. The molecule has 1 saturated heterocycles. The minimum atomic E-state index is -4.46. The van der Waals surface area contributed by atoms with Gasteiger partial charge < -0.3 is 10.2 Å². The van der Waals surface area contributed by atoms with Gasteiger partial charge in [0.2, 0.25) is 0 Å². The van der Waals surface area contributed by atoms with Gasteiger partial charge in [0.25, 0.3) is 5.91 Å². The van der Waals surface area contributed by atoms with E-state index in [1.54, 1.807) is 4.90 Å². The van der Waals surface area contributed by atoms with Crippen LogP contribution in [0, 0.1) is 0 Å². The van der Waals surface area contributed by atoms with Crippen LogP contribution < -0.4 is 5.32 Å². The molecule has 0 spiro atoms. The first-order valence-electron chi connectivity index (χ1n) is 6.10. The van der Waals surface area contributed by atoms with E-state index in [4.69, 9.17) is 0 Å². The van der Waals surface area contributed by atoms with Gasteiger partial charge in [-0.2, -0.15) is 13.2 Å². The molecule has 1 aromatic heterocycles. The van der Waals surface area contributed by atoms with Crippen molar-refractivity contribution in [1.29, 1.82) is 0 Å². The number of hydrogen-bond acceptors (Lipinski definition) is 4. The van der Waals surface area contributed by atoms with E-state index in [-0.39, 0.29) is 28.4 Å². The number of nitrogens with zero attached hydrogens (tertiary/aromatic N) is 2. The van der Waals surface area contributed by atoms with Crippen LogP contribution >= 0.6 is 11.8 Å². The van der Waals surface area contributed by atoms with Gasteiger partial charge in [-0.05, 0) is 19.1 Å². The lowest BCUT2D eigenvalue weighted by Gasteiger charge is -2.32. The van der Waals surface area contributed by atoms with E-state index in [9.17, 15) is 18.0 Å². The Labute approximate surface area is 118 Å². The van der Waals surface area contributed by atoms with Crippen molar-refractivity contribution in [2.45, 2.75) is 23.5 Å². The highest BCUT2D eigenvalue weighted by molar-refractivity contribution is 8.00. The van der Waals surface area contributed by atoms with Gasteiger partial charge in [-0.3, -0.25) is 4.79 Å². The number of rotatable bonds is 2. The average molecular weight is 305 g/mol. The van der Waals surface area contributed by atoms with Crippen molar-refractivity contribution in [2.24, 2.45) is 0 Å². The number of alkyl halides is 3. The van der Waals surface area contributed by atoms with Crippen LogP contribution in [0.1, 0.15) is 17.3 Å². The Bertz CT molecular complexity index is 495. The second kappa shape index (κ2) is 6.01. The van der Waals surface area contributed by atoms with E-state index in [2.05, 4.69) is 10.3 Å². The van der Waals surface area contributed by atoms with Crippen LogP contribution in [0.5, 0.6) is 0 Å². The van der Waals surface area contributed by atoms with Gasteiger partial charge >= 0.3 is 5.51 Å². The lowest BCUT2D eigenvalue weighted by Crippen LogP contribution is -2.51. The molecule has 0 saturated carbocycles. The summed E-state index contributed by atoms with van der Waals surface area (Å²) in [7, 11) is 0. The van der Waals surface area contributed by atoms with Crippen molar-refractivity contribution < 1.29 is 18.0 Å². The summed E-state index contributed by atoms with van der Waals surface area (Å²) in [6.07, 6.45) is 1.26. The highest BCUT2D eigenvalue weighted by Gasteiger charge is 2.33. The van der Waals surface area contributed by atoms with Gasteiger partial charge in [0.05, 0.1) is 5.56 Å². The zero-order valence-corrected chi connectivity index (χ0v) is 11.6. The molecule has 0 aromatic carbocycles. The van der Waals surface area contributed by atoms with E-state index in [0.717, 1.165) is 0 Å². The minimum absolute atomic E-state index is 0.00363. The van der Waals surface area contributed by atoms with Crippen molar-refractivity contribution in [3.63, 3.8) is 0 Å². The maximum absolute atomic E-state index is 12.5. The summed E-state index contributed by atoms with van der Waals surface area (Å²) in [5.41, 5.74) is -4.45. The number of amides is 1. The monoisotopic (exact) mass is 305 g/mol. The molecule has 1 fully saturated rings. The summed E-state index contributed by atoms with van der Waals surface area (Å²) in [6.45, 7) is 3.51. The maximum Gasteiger partial charge on any atom is 0.447 e. The lowest BCUT2D eigenvalue weighted by atomic mass is 10.2. The average Bonchev–Trinajstić information content (AvgIpc) is 2.37. The third kappa shape index (κ3) is 3.86. The van der Waals surface area contributed by atoms with Crippen LogP contribution in [0.2, 0.25) is 0 Å². The summed E-state index contributed by atoms with van der Waals surface area (Å²) in [4.78, 5) is 17.6. The van der Waals surface area contributed by atoms with Crippen molar-refractivity contribution in [2.75, 3.05) is 19.6 Å². The fourth-order valence-corrected chi connectivity index (χ4v) is 2.63. The quantitative estimate of drug-likeness (QED) is 0.850. The van der Waals surface area contributed by atoms with Gasteiger partial charge in [0, 0.05) is 43.6 Å². The van der Waals surface area contributed by atoms with Gasteiger partial charge in [-0.1, -0.05) is 0 Å². The normalized spacial score (nSPS) is 20.0. The molecule has 20 heavy (non-hydrogen) atoms. The van der Waals surface area contributed by atoms with E-state index >= 15 is 0 Å². The van der Waals surface area contributed by atoms with Gasteiger partial charge in [0.15, 0.2) is 0 Å². The molecule has 0 radical (unpaired) electrons. The highest BCUT2D eigenvalue weighted by atomic mass is 32.2. The first-order valence-corrected chi connectivity index (χ1v) is 6.92. The maximum atomic E-state index is 12.5. The summed E-state index contributed by atoms with van der Waals surface area (Å²) in [6, 6.07) is 2.98. The summed E-state index contributed by atoms with van der Waals surface area (Å²) >= 11 is -0.354. The number of carbonyl (C=O) groups is 1. The smallest absolute Gasteiger partial charge is 0.336 e. The molecule has 1 atom stereocenters. The van der Waals surface area contributed by atoms with Crippen LogP contribution in [0.4, 0.5) is 13.2 Å². The molecule has 2 heterocycles. The molecule has 8 heteroatoms. The Balaban J connectivity index is 2.21. The zero-order valence-electron chi connectivity index (χ0n) is 10.8. The molecule has 1 unspecified atom stereocenters. The zero-order chi connectivity index (χ0) is 14.8. The summed E-state index contributed by atoms with van der Waals surface area (Å²) < 4.78 is 37.4. The standard InChI is InChI=1S/C12H14F3N3OS/c1-8-7-18(6-5-16-8)11(19)9-3-2-4-17-10(9)20-12(13,14)15/h2-4,8,16H,5-7H2,1H3. The highest BCUT2D eigenvalue weighted by Crippen LogP contribution is 2.37. The predicted octanol–water partition coefficient (Wildman–Crippen LogP) is 2.13. The second-order valence-corrected chi connectivity index (χ2v) is 5.56. The largest absolute Gasteiger partial charge is 0.447 e. The topological polar surface area (TPSA) is 45.2 Å². The number of pyridine rings is 1. The lowest BCUT2D eigenvalue weighted by molar-refractivity contribution is -0.0329. The number of thioether (sulfide) groups is 1. The summed E-state index contributed by atoms with van der Waals surface area (Å²) in [5, 5.41) is 2.88. The number of piperazine rings is 1. The number of hydrogen-bond donors (Lipinski definition) is 1. The molecule has 2 rings (SSSR count). The molecular formula is C12H14F3N3OS. The predicted molar refractivity (Wildman–Crippen MR) is 69.5 cm³/mol. The number of aromatic nitrogens is 1. The third-order valence-electron chi connectivity index (χ3n) is 2.87. The molecule has 1 aliphatic rings. The fraction of sp³-hybridized carbons (Fsp3) is 0.500. The van der Waals surface area contributed by atoms with E-state index in [1.165, 1.54) is 18.3 Å². The fourth-order valence-electron chi connectivity index (χ4n) is 2.03.